The van der Waals surface area contributed by atoms with Crippen molar-refractivity contribution < 1.29 is 22.3 Å². The van der Waals surface area contributed by atoms with Crippen molar-refractivity contribution in [1.82, 2.24) is 19.0 Å². The summed E-state index contributed by atoms with van der Waals surface area (Å²) in [6.45, 7) is 0.475. The molecule has 3 heterocycles. The maximum Gasteiger partial charge on any atom is 0.425 e. The molecule has 1 aliphatic rings. The van der Waals surface area contributed by atoms with Crippen LogP contribution in [-0.4, -0.2) is 41.3 Å². The summed E-state index contributed by atoms with van der Waals surface area (Å²) in [7, 11) is 3.82. The van der Waals surface area contributed by atoms with Crippen molar-refractivity contribution in [1.29, 1.82) is 0 Å². The lowest BCUT2D eigenvalue weighted by molar-refractivity contribution is -0.134. The number of quaternary nitrogens is 1. The van der Waals surface area contributed by atoms with Crippen molar-refractivity contribution in [2.45, 2.75) is 37.7 Å². The number of hydrogen-bond acceptors (Lipinski definition) is 5. The minimum Gasteiger partial charge on any atom is -0.373 e. The molecule has 0 bridgehead atoms. The van der Waals surface area contributed by atoms with E-state index in [1.165, 1.54) is 29.1 Å². The van der Waals surface area contributed by atoms with Crippen LogP contribution in [0.3, 0.4) is 0 Å². The van der Waals surface area contributed by atoms with Gasteiger partial charge in [0, 0.05) is 17.7 Å². The maximum atomic E-state index is 13.3. The third-order valence-electron chi connectivity index (χ3n) is 5.95. The summed E-state index contributed by atoms with van der Waals surface area (Å²) in [6, 6.07) is 8.61. The molecule has 2 aromatic heterocycles. The molecule has 0 radical (unpaired) electrons. The molecule has 3 aromatic rings. The van der Waals surface area contributed by atoms with Crippen LogP contribution in [0.15, 0.2) is 47.5 Å². The third kappa shape index (κ3) is 5.15. The SMILES string of the molecule is C[N+](C)(c1ncn(Cc2ccc(C(F)(F)F)s2)c(=O)n1)C1CCOC(c2ccc(F)cc2)C1. The first-order valence-corrected chi connectivity index (χ1v) is 11.2. The third-order valence-corrected chi connectivity index (χ3v) is 7.06. The average molecular weight is 484 g/mol. The van der Waals surface area contributed by atoms with E-state index < -0.39 is 16.7 Å². The fourth-order valence-corrected chi connectivity index (χ4v) is 4.83. The molecule has 0 spiro atoms. The van der Waals surface area contributed by atoms with Gasteiger partial charge in [0.15, 0.2) is 0 Å². The van der Waals surface area contributed by atoms with Gasteiger partial charge in [0.1, 0.15) is 23.1 Å². The Labute approximate surface area is 191 Å². The normalized spacial score (nSPS) is 19.6. The molecule has 0 amide bonds. The van der Waals surface area contributed by atoms with Gasteiger partial charge in [-0.3, -0.25) is 9.05 Å². The van der Waals surface area contributed by atoms with Gasteiger partial charge in [-0.15, -0.1) is 16.3 Å². The molecule has 1 fully saturated rings. The Balaban J connectivity index is 1.50. The van der Waals surface area contributed by atoms with E-state index in [0.717, 1.165) is 18.1 Å². The number of aromatic nitrogens is 3. The summed E-state index contributed by atoms with van der Waals surface area (Å²) in [5.41, 5.74) is 0.307. The van der Waals surface area contributed by atoms with Crippen LogP contribution in [0.2, 0.25) is 0 Å². The highest BCUT2D eigenvalue weighted by Gasteiger charge is 2.39. The van der Waals surface area contributed by atoms with Gasteiger partial charge in [0.25, 0.3) is 0 Å². The zero-order chi connectivity index (χ0) is 23.8. The highest BCUT2D eigenvalue weighted by molar-refractivity contribution is 7.12. The molecule has 0 aliphatic carbocycles. The fourth-order valence-electron chi connectivity index (χ4n) is 3.96. The van der Waals surface area contributed by atoms with Crippen molar-refractivity contribution in [3.05, 3.63) is 74.3 Å². The summed E-state index contributed by atoms with van der Waals surface area (Å²) in [5.74, 6) is 0.0107. The van der Waals surface area contributed by atoms with Crippen LogP contribution in [0.25, 0.3) is 0 Å². The van der Waals surface area contributed by atoms with Crippen molar-refractivity contribution in [3.63, 3.8) is 0 Å². The number of benzene rings is 1. The zero-order valence-electron chi connectivity index (χ0n) is 18.1. The predicted octanol–water partition coefficient (Wildman–Crippen LogP) is 4.39. The Morgan fingerprint density at radius 3 is 2.55 bits per heavy atom. The van der Waals surface area contributed by atoms with Crippen molar-refractivity contribution >= 4 is 17.3 Å². The van der Waals surface area contributed by atoms with Gasteiger partial charge in [-0.25, -0.2) is 9.18 Å². The molecule has 11 heteroatoms. The van der Waals surface area contributed by atoms with Gasteiger partial charge >= 0.3 is 17.8 Å². The second-order valence-corrected chi connectivity index (χ2v) is 9.63. The lowest BCUT2D eigenvalue weighted by Crippen LogP contribution is -2.54. The van der Waals surface area contributed by atoms with Crippen LogP contribution in [-0.2, 0) is 17.5 Å². The molecular formula is C22H23F4N4O2S+. The van der Waals surface area contributed by atoms with Gasteiger partial charge in [-0.2, -0.15) is 18.2 Å². The molecule has 1 aromatic carbocycles. The van der Waals surface area contributed by atoms with Gasteiger partial charge < -0.3 is 4.74 Å². The Morgan fingerprint density at radius 2 is 1.91 bits per heavy atom. The van der Waals surface area contributed by atoms with E-state index in [1.807, 2.05) is 14.1 Å². The Bertz CT molecular complexity index is 1170. The second-order valence-electron chi connectivity index (χ2n) is 8.46. The summed E-state index contributed by atoms with van der Waals surface area (Å²) >= 11 is 0.593. The summed E-state index contributed by atoms with van der Waals surface area (Å²) in [5, 5.41) is 0. The molecule has 2 atom stereocenters. The predicted molar refractivity (Wildman–Crippen MR) is 116 cm³/mol. The molecule has 1 saturated heterocycles. The Kier molecular flexibility index (Phi) is 6.39. The quantitative estimate of drug-likeness (QED) is 0.399. The minimum absolute atomic E-state index is 0.0306. The molecule has 0 saturated carbocycles. The first kappa shape index (κ1) is 23.5. The highest BCUT2D eigenvalue weighted by Crippen LogP contribution is 2.35. The van der Waals surface area contributed by atoms with E-state index in [2.05, 4.69) is 9.97 Å². The van der Waals surface area contributed by atoms with E-state index in [9.17, 15) is 22.4 Å². The number of nitrogens with zero attached hydrogens (tertiary/aromatic N) is 4. The number of thiophene rings is 1. The van der Waals surface area contributed by atoms with Crippen molar-refractivity contribution in [2.75, 3.05) is 20.7 Å². The summed E-state index contributed by atoms with van der Waals surface area (Å²) in [4.78, 5) is 20.8. The van der Waals surface area contributed by atoms with E-state index >= 15 is 0 Å². The number of hydrogen-bond donors (Lipinski definition) is 0. The van der Waals surface area contributed by atoms with E-state index in [4.69, 9.17) is 4.74 Å². The van der Waals surface area contributed by atoms with Crippen LogP contribution in [0, 0.1) is 5.82 Å². The molecule has 6 nitrogen and oxygen atoms in total. The maximum absolute atomic E-state index is 13.3. The van der Waals surface area contributed by atoms with Crippen LogP contribution >= 0.6 is 11.3 Å². The Hall–Kier alpha value is -2.63. The number of ether oxygens (including phenoxy) is 1. The summed E-state index contributed by atoms with van der Waals surface area (Å²) < 4.78 is 59.1. The summed E-state index contributed by atoms with van der Waals surface area (Å²) in [6.07, 6.45) is -1.92. The zero-order valence-corrected chi connectivity index (χ0v) is 18.9. The van der Waals surface area contributed by atoms with Crippen LogP contribution in [0.5, 0.6) is 0 Å². The average Bonchev–Trinajstić information content (AvgIpc) is 3.25. The number of alkyl halides is 3. The van der Waals surface area contributed by atoms with Gasteiger partial charge in [0.2, 0.25) is 0 Å². The minimum atomic E-state index is -4.41. The first-order chi connectivity index (χ1) is 15.5. The molecular weight excluding hydrogens is 460 g/mol. The molecule has 1 aliphatic heterocycles. The number of rotatable bonds is 5. The number of halogens is 4. The lowest BCUT2D eigenvalue weighted by atomic mass is 9.95. The van der Waals surface area contributed by atoms with Crippen LogP contribution < -0.4 is 10.2 Å². The molecule has 2 unspecified atom stereocenters. The highest BCUT2D eigenvalue weighted by atomic mass is 32.1. The molecule has 0 N–H and O–H groups in total. The lowest BCUT2D eigenvalue weighted by Gasteiger charge is -2.39. The largest absolute Gasteiger partial charge is 0.425 e. The van der Waals surface area contributed by atoms with Crippen LogP contribution in [0.4, 0.5) is 23.5 Å². The van der Waals surface area contributed by atoms with E-state index in [1.54, 1.807) is 12.1 Å². The smallest absolute Gasteiger partial charge is 0.373 e. The van der Waals surface area contributed by atoms with Gasteiger partial charge in [0.05, 0.1) is 33.4 Å². The fraction of sp³-hybridized carbons (Fsp3) is 0.409. The van der Waals surface area contributed by atoms with Crippen molar-refractivity contribution in [3.8, 4) is 0 Å². The molecule has 176 valence electrons. The van der Waals surface area contributed by atoms with Crippen LogP contribution in [0.1, 0.15) is 34.3 Å². The van der Waals surface area contributed by atoms with Crippen molar-refractivity contribution in [2.24, 2.45) is 0 Å². The first-order valence-electron chi connectivity index (χ1n) is 10.3. The Morgan fingerprint density at radius 1 is 1.18 bits per heavy atom. The molecule has 4 rings (SSSR count). The standard InChI is InChI=1S/C22H23F4N4O2S/c1-30(2,16-9-10-32-18(11-16)14-3-5-15(23)6-4-14)20-27-13-29(21(31)28-20)12-17-7-8-19(33-17)22(24,25)26/h3-8,13,16,18H,9-12H2,1-2H3/q+1. The van der Waals surface area contributed by atoms with Gasteiger partial charge in [-0.05, 0) is 29.8 Å². The van der Waals surface area contributed by atoms with E-state index in [0.29, 0.717) is 35.2 Å². The monoisotopic (exact) mass is 483 g/mol. The van der Waals surface area contributed by atoms with E-state index in [-0.39, 0.29) is 29.0 Å². The topological polar surface area (TPSA) is 57.0 Å². The second kappa shape index (κ2) is 8.96. The van der Waals surface area contributed by atoms with Gasteiger partial charge in [-0.1, -0.05) is 12.1 Å². The molecule has 33 heavy (non-hydrogen) atoms.